The van der Waals surface area contributed by atoms with Gasteiger partial charge in [-0.15, -0.1) is 21.5 Å². The van der Waals surface area contributed by atoms with E-state index in [1.165, 1.54) is 12.1 Å². The average Bonchev–Trinajstić information content (AvgIpc) is 3.26. The highest BCUT2D eigenvalue weighted by Gasteiger charge is 2.30. The van der Waals surface area contributed by atoms with Crippen molar-refractivity contribution in [1.29, 1.82) is 0 Å². The van der Waals surface area contributed by atoms with Crippen LogP contribution in [0.25, 0.3) is 10.6 Å². The predicted octanol–water partition coefficient (Wildman–Crippen LogP) is 3.99. The zero-order valence-corrected chi connectivity index (χ0v) is 15.6. The number of hydrogen-bond donors (Lipinski definition) is 1. The Morgan fingerprint density at radius 1 is 1.29 bits per heavy atom. The molecule has 0 atom stereocenters. The van der Waals surface area contributed by atoms with Gasteiger partial charge < -0.3 is 9.88 Å². The van der Waals surface area contributed by atoms with E-state index in [1.54, 1.807) is 13.3 Å². The van der Waals surface area contributed by atoms with Crippen LogP contribution >= 0.6 is 11.3 Å². The molecule has 1 fully saturated rings. The Hall–Kier alpha value is -2.75. The number of aryl methyl sites for hydroxylation is 1. The summed E-state index contributed by atoms with van der Waals surface area (Å²) in [6.07, 6.45) is -0.546. The summed E-state index contributed by atoms with van der Waals surface area (Å²) in [4.78, 5) is 17.3. The van der Waals surface area contributed by atoms with Gasteiger partial charge in [0, 0.05) is 11.6 Å². The molecule has 1 aliphatic rings. The van der Waals surface area contributed by atoms with Crippen molar-refractivity contribution in [2.24, 2.45) is 0 Å². The summed E-state index contributed by atoms with van der Waals surface area (Å²) in [6.45, 7) is 1.95. The van der Waals surface area contributed by atoms with Crippen molar-refractivity contribution in [1.82, 2.24) is 25.1 Å². The molecule has 2 aromatic heterocycles. The molecule has 4 rings (SSSR count). The van der Waals surface area contributed by atoms with Gasteiger partial charge in [0.15, 0.2) is 5.82 Å². The summed E-state index contributed by atoms with van der Waals surface area (Å²) in [6, 6.07) is 5.16. The van der Waals surface area contributed by atoms with Crippen molar-refractivity contribution in [3.05, 3.63) is 52.6 Å². The standard InChI is InChI=1S/C18H16F3N5OS/c1-10-15(16(27)22-8-14-25-23-9-26(14)13-6-7-13)28-17(24-10)11-2-4-12(5-3-11)18(19,20)21/h2-5,9,13H,6-8H2,1H3,(H,22,27). The number of alkyl halides is 3. The van der Waals surface area contributed by atoms with Crippen LogP contribution in [-0.2, 0) is 12.7 Å². The van der Waals surface area contributed by atoms with Crippen LogP contribution in [0.1, 0.15) is 45.6 Å². The second-order valence-corrected chi connectivity index (χ2v) is 7.58. The molecule has 1 aliphatic carbocycles. The Morgan fingerprint density at radius 3 is 2.64 bits per heavy atom. The number of benzene rings is 1. The molecule has 146 valence electrons. The van der Waals surface area contributed by atoms with E-state index in [9.17, 15) is 18.0 Å². The predicted molar refractivity (Wildman–Crippen MR) is 96.8 cm³/mol. The monoisotopic (exact) mass is 407 g/mol. The number of hydrogen-bond acceptors (Lipinski definition) is 5. The zero-order chi connectivity index (χ0) is 19.9. The number of amides is 1. The number of rotatable bonds is 5. The molecule has 3 aromatic rings. The quantitative estimate of drug-likeness (QED) is 0.694. The Bertz CT molecular complexity index is 1010. The Balaban J connectivity index is 1.47. The first kappa shape index (κ1) is 18.6. The fraction of sp³-hybridized carbons (Fsp3) is 0.333. The lowest BCUT2D eigenvalue weighted by atomic mass is 10.1. The molecule has 0 aliphatic heterocycles. The van der Waals surface area contributed by atoms with Gasteiger partial charge >= 0.3 is 6.18 Å². The van der Waals surface area contributed by atoms with E-state index >= 15 is 0 Å². The number of aromatic nitrogens is 4. The number of carbonyl (C=O) groups excluding carboxylic acids is 1. The molecule has 0 radical (unpaired) electrons. The van der Waals surface area contributed by atoms with Crippen molar-refractivity contribution in [2.45, 2.75) is 38.5 Å². The first-order valence-electron chi connectivity index (χ1n) is 8.64. The summed E-state index contributed by atoms with van der Waals surface area (Å²) < 4.78 is 40.1. The fourth-order valence-electron chi connectivity index (χ4n) is 2.82. The van der Waals surface area contributed by atoms with Gasteiger partial charge in [-0.3, -0.25) is 4.79 Å². The van der Waals surface area contributed by atoms with Crippen LogP contribution < -0.4 is 5.32 Å². The Morgan fingerprint density at radius 2 is 2.00 bits per heavy atom. The lowest BCUT2D eigenvalue weighted by molar-refractivity contribution is -0.137. The summed E-state index contributed by atoms with van der Waals surface area (Å²) >= 11 is 1.15. The molecule has 1 saturated carbocycles. The normalized spacial score (nSPS) is 14.3. The molecule has 28 heavy (non-hydrogen) atoms. The minimum Gasteiger partial charge on any atom is -0.344 e. The molecule has 2 heterocycles. The minimum atomic E-state index is -4.39. The van der Waals surface area contributed by atoms with Crippen LogP contribution in [0, 0.1) is 6.92 Å². The van der Waals surface area contributed by atoms with E-state index < -0.39 is 11.7 Å². The topological polar surface area (TPSA) is 72.7 Å². The lowest BCUT2D eigenvalue weighted by Gasteiger charge is -2.06. The average molecular weight is 407 g/mol. The summed E-state index contributed by atoms with van der Waals surface area (Å²) in [7, 11) is 0. The van der Waals surface area contributed by atoms with E-state index in [0.29, 0.717) is 33.0 Å². The van der Waals surface area contributed by atoms with Crippen LogP contribution in [0.4, 0.5) is 13.2 Å². The molecule has 0 bridgehead atoms. The first-order valence-corrected chi connectivity index (χ1v) is 9.46. The number of thiazole rings is 1. The summed E-state index contributed by atoms with van der Waals surface area (Å²) in [5.74, 6) is 0.402. The second-order valence-electron chi connectivity index (χ2n) is 6.58. The van der Waals surface area contributed by atoms with E-state index in [0.717, 1.165) is 36.3 Å². The molecule has 0 unspecified atom stereocenters. The maximum atomic E-state index is 12.7. The molecule has 6 nitrogen and oxygen atoms in total. The third kappa shape index (κ3) is 3.77. The molecule has 1 N–H and O–H groups in total. The second kappa shape index (κ2) is 7.01. The van der Waals surface area contributed by atoms with Crippen molar-refractivity contribution in [3.63, 3.8) is 0 Å². The molecule has 10 heteroatoms. The highest BCUT2D eigenvalue weighted by molar-refractivity contribution is 7.17. The number of carbonyl (C=O) groups is 1. The molecule has 0 saturated heterocycles. The van der Waals surface area contributed by atoms with Crippen molar-refractivity contribution < 1.29 is 18.0 Å². The van der Waals surface area contributed by atoms with E-state index in [2.05, 4.69) is 20.5 Å². The van der Waals surface area contributed by atoms with Gasteiger partial charge in [-0.2, -0.15) is 13.2 Å². The molecule has 0 spiro atoms. The van der Waals surface area contributed by atoms with Gasteiger partial charge in [0.1, 0.15) is 16.2 Å². The first-order chi connectivity index (χ1) is 13.3. The highest BCUT2D eigenvalue weighted by Crippen LogP contribution is 2.35. The third-order valence-corrected chi connectivity index (χ3v) is 5.66. The molecular formula is C18H16F3N5OS. The summed E-state index contributed by atoms with van der Waals surface area (Å²) in [5.41, 5.74) is 0.344. The van der Waals surface area contributed by atoms with Crippen LogP contribution in [0.5, 0.6) is 0 Å². The van der Waals surface area contributed by atoms with E-state index in [1.807, 2.05) is 4.57 Å². The van der Waals surface area contributed by atoms with Crippen LogP contribution in [0.3, 0.4) is 0 Å². The van der Waals surface area contributed by atoms with Gasteiger partial charge in [-0.25, -0.2) is 4.98 Å². The van der Waals surface area contributed by atoms with Crippen molar-refractivity contribution >= 4 is 17.2 Å². The van der Waals surface area contributed by atoms with Gasteiger partial charge in [0.05, 0.1) is 17.8 Å². The van der Waals surface area contributed by atoms with Crippen LogP contribution in [0.2, 0.25) is 0 Å². The maximum Gasteiger partial charge on any atom is 0.416 e. The van der Waals surface area contributed by atoms with Crippen LogP contribution in [-0.4, -0.2) is 25.7 Å². The van der Waals surface area contributed by atoms with E-state index in [-0.39, 0.29) is 12.5 Å². The maximum absolute atomic E-state index is 12.7. The number of halogens is 3. The van der Waals surface area contributed by atoms with Gasteiger partial charge in [-0.05, 0) is 31.9 Å². The molecular weight excluding hydrogens is 391 g/mol. The smallest absolute Gasteiger partial charge is 0.344 e. The van der Waals surface area contributed by atoms with Crippen LogP contribution in [0.15, 0.2) is 30.6 Å². The fourth-order valence-corrected chi connectivity index (χ4v) is 3.81. The molecule has 1 amide bonds. The zero-order valence-electron chi connectivity index (χ0n) is 14.8. The van der Waals surface area contributed by atoms with Gasteiger partial charge in [0.25, 0.3) is 5.91 Å². The highest BCUT2D eigenvalue weighted by atomic mass is 32.1. The minimum absolute atomic E-state index is 0.252. The summed E-state index contributed by atoms with van der Waals surface area (Å²) in [5, 5.41) is 11.2. The third-order valence-electron chi connectivity index (χ3n) is 4.46. The van der Waals surface area contributed by atoms with Crippen molar-refractivity contribution in [3.8, 4) is 10.6 Å². The largest absolute Gasteiger partial charge is 0.416 e. The van der Waals surface area contributed by atoms with E-state index in [4.69, 9.17) is 0 Å². The van der Waals surface area contributed by atoms with Gasteiger partial charge in [0.2, 0.25) is 0 Å². The Labute approximate surface area is 162 Å². The molecule has 1 aromatic carbocycles. The Kier molecular flexibility index (Phi) is 4.66. The number of nitrogens with one attached hydrogen (secondary N) is 1. The van der Waals surface area contributed by atoms with Crippen molar-refractivity contribution in [2.75, 3.05) is 0 Å². The SMILES string of the molecule is Cc1nc(-c2ccc(C(F)(F)F)cc2)sc1C(=O)NCc1nncn1C1CC1. The lowest BCUT2D eigenvalue weighted by Crippen LogP contribution is -2.24. The van der Waals surface area contributed by atoms with Gasteiger partial charge in [-0.1, -0.05) is 12.1 Å². The number of nitrogens with zero attached hydrogens (tertiary/aromatic N) is 4.